The van der Waals surface area contributed by atoms with Gasteiger partial charge in [0, 0.05) is 12.5 Å². The molecule has 0 N–H and O–H groups in total. The molecule has 78 valence electrons. The van der Waals surface area contributed by atoms with E-state index in [1.807, 2.05) is 26.0 Å². The van der Waals surface area contributed by atoms with Gasteiger partial charge in [0.2, 0.25) is 5.88 Å². The van der Waals surface area contributed by atoms with Crippen LogP contribution in [-0.4, -0.2) is 18.7 Å². The fourth-order valence-corrected chi connectivity index (χ4v) is 1.32. The molecule has 0 aromatic carbocycles. The van der Waals surface area contributed by atoms with Crippen molar-refractivity contribution in [2.75, 3.05) is 13.7 Å². The van der Waals surface area contributed by atoms with Gasteiger partial charge in [-0.05, 0) is 11.6 Å². The van der Waals surface area contributed by atoms with Gasteiger partial charge < -0.3 is 9.47 Å². The molecule has 3 heteroatoms. The molecule has 1 aliphatic rings. The third-order valence-electron chi connectivity index (χ3n) is 1.99. The second kappa shape index (κ2) is 5.60. The Bertz CT molecular complexity index is 287. The van der Waals surface area contributed by atoms with E-state index in [9.17, 15) is 0 Å². The molecule has 0 bridgehead atoms. The van der Waals surface area contributed by atoms with Gasteiger partial charge in [0.25, 0.3) is 0 Å². The van der Waals surface area contributed by atoms with Gasteiger partial charge >= 0.3 is 0 Å². The number of rotatable bonds is 1. The summed E-state index contributed by atoms with van der Waals surface area (Å²) >= 11 is 0. The van der Waals surface area contributed by atoms with Crippen molar-refractivity contribution in [2.24, 2.45) is 0 Å². The first-order valence-electron chi connectivity index (χ1n) is 5.00. The first-order valence-corrected chi connectivity index (χ1v) is 5.00. The Hall–Kier alpha value is -1.09. The minimum absolute atomic E-state index is 0.687. The lowest BCUT2D eigenvalue weighted by molar-refractivity contribution is 0.109. The second-order valence-corrected chi connectivity index (χ2v) is 2.76. The first kappa shape index (κ1) is 11.0. The zero-order chi connectivity index (χ0) is 10.4. The fraction of sp³-hybridized carbons (Fsp3) is 0.545. The molecule has 0 fully saturated rings. The van der Waals surface area contributed by atoms with Crippen molar-refractivity contribution in [3.63, 3.8) is 0 Å². The van der Waals surface area contributed by atoms with E-state index >= 15 is 0 Å². The van der Waals surface area contributed by atoms with Gasteiger partial charge in [-0.1, -0.05) is 13.8 Å². The van der Waals surface area contributed by atoms with Crippen LogP contribution in [0.15, 0.2) is 12.1 Å². The molecule has 3 nitrogen and oxygen atoms in total. The predicted molar refractivity (Wildman–Crippen MR) is 55.5 cm³/mol. The number of nitrogens with zero attached hydrogens (tertiary/aromatic N) is 1. The molecule has 2 heterocycles. The number of hydrogen-bond acceptors (Lipinski definition) is 3. The quantitative estimate of drug-likeness (QED) is 0.688. The highest BCUT2D eigenvalue weighted by Crippen LogP contribution is 2.17. The first-order chi connectivity index (χ1) is 6.90. The van der Waals surface area contributed by atoms with Crippen LogP contribution in [0.4, 0.5) is 0 Å². The summed E-state index contributed by atoms with van der Waals surface area (Å²) in [6.07, 6.45) is 0.895. The van der Waals surface area contributed by atoms with Crippen molar-refractivity contribution in [3.8, 4) is 5.88 Å². The molecule has 2 rings (SSSR count). The Kier molecular flexibility index (Phi) is 4.40. The zero-order valence-electron chi connectivity index (χ0n) is 9.04. The van der Waals surface area contributed by atoms with E-state index in [2.05, 4.69) is 4.98 Å². The minimum Gasteiger partial charge on any atom is -0.481 e. The molecule has 1 aromatic rings. The van der Waals surface area contributed by atoms with E-state index in [0.29, 0.717) is 12.5 Å². The lowest BCUT2D eigenvalue weighted by Crippen LogP contribution is -2.11. The third kappa shape index (κ3) is 2.45. The molecular weight excluding hydrogens is 178 g/mol. The summed E-state index contributed by atoms with van der Waals surface area (Å²) in [5.41, 5.74) is 2.29. The Morgan fingerprint density at radius 3 is 2.86 bits per heavy atom. The summed E-state index contributed by atoms with van der Waals surface area (Å²) in [6.45, 7) is 5.46. The number of ether oxygens (including phenoxy) is 2. The highest BCUT2D eigenvalue weighted by atomic mass is 16.5. The molecule has 14 heavy (non-hydrogen) atoms. The summed E-state index contributed by atoms with van der Waals surface area (Å²) in [4.78, 5) is 4.33. The molecule has 0 atom stereocenters. The van der Waals surface area contributed by atoms with Gasteiger partial charge in [-0.2, -0.15) is 0 Å². The van der Waals surface area contributed by atoms with Crippen LogP contribution in [0.1, 0.15) is 25.1 Å². The van der Waals surface area contributed by atoms with Crippen LogP contribution in [0, 0.1) is 0 Å². The zero-order valence-corrected chi connectivity index (χ0v) is 9.04. The average molecular weight is 195 g/mol. The lowest BCUT2D eigenvalue weighted by atomic mass is 10.1. The summed E-state index contributed by atoms with van der Waals surface area (Å²) < 4.78 is 10.3. The van der Waals surface area contributed by atoms with E-state index in [4.69, 9.17) is 9.47 Å². The molecule has 0 unspecified atom stereocenters. The molecule has 0 spiro atoms. The molecule has 1 aromatic heterocycles. The van der Waals surface area contributed by atoms with Crippen molar-refractivity contribution in [3.05, 3.63) is 23.4 Å². The number of fused-ring (bicyclic) bond motifs is 1. The SMILES string of the molecule is CC.COc1ccc2c(n1)CCOC2. The summed E-state index contributed by atoms with van der Waals surface area (Å²) in [7, 11) is 1.63. The van der Waals surface area contributed by atoms with Crippen LogP contribution < -0.4 is 4.74 Å². The Morgan fingerprint density at radius 1 is 1.36 bits per heavy atom. The largest absolute Gasteiger partial charge is 0.481 e. The van der Waals surface area contributed by atoms with Crippen LogP contribution in [0.5, 0.6) is 5.88 Å². The van der Waals surface area contributed by atoms with Crippen molar-refractivity contribution < 1.29 is 9.47 Å². The van der Waals surface area contributed by atoms with Gasteiger partial charge in [-0.25, -0.2) is 4.98 Å². The average Bonchev–Trinajstić information content (AvgIpc) is 2.31. The number of methoxy groups -OCH3 is 1. The van der Waals surface area contributed by atoms with Crippen molar-refractivity contribution in [2.45, 2.75) is 26.9 Å². The van der Waals surface area contributed by atoms with Gasteiger partial charge in [-0.15, -0.1) is 0 Å². The number of pyridine rings is 1. The topological polar surface area (TPSA) is 31.4 Å². The van der Waals surface area contributed by atoms with Gasteiger partial charge in [0.1, 0.15) is 0 Å². The number of aromatic nitrogens is 1. The third-order valence-corrected chi connectivity index (χ3v) is 1.99. The smallest absolute Gasteiger partial charge is 0.213 e. The van der Waals surface area contributed by atoms with Gasteiger partial charge in [0.05, 0.1) is 26.0 Å². The Labute approximate surface area is 85.1 Å². The molecule has 0 saturated heterocycles. The van der Waals surface area contributed by atoms with Crippen molar-refractivity contribution >= 4 is 0 Å². The van der Waals surface area contributed by atoms with Crippen LogP contribution in [0.2, 0.25) is 0 Å². The monoisotopic (exact) mass is 195 g/mol. The second-order valence-electron chi connectivity index (χ2n) is 2.76. The molecule has 0 radical (unpaired) electrons. The van der Waals surface area contributed by atoms with Crippen LogP contribution in [0.3, 0.4) is 0 Å². The van der Waals surface area contributed by atoms with Gasteiger partial charge in [0.15, 0.2) is 0 Å². The van der Waals surface area contributed by atoms with E-state index in [1.54, 1.807) is 7.11 Å². The van der Waals surface area contributed by atoms with Gasteiger partial charge in [-0.3, -0.25) is 0 Å². The van der Waals surface area contributed by atoms with E-state index in [1.165, 1.54) is 5.56 Å². The van der Waals surface area contributed by atoms with Crippen molar-refractivity contribution in [1.82, 2.24) is 4.98 Å². The Morgan fingerprint density at radius 2 is 2.14 bits per heavy atom. The molecule has 1 aliphatic heterocycles. The highest BCUT2D eigenvalue weighted by molar-refractivity contribution is 5.26. The highest BCUT2D eigenvalue weighted by Gasteiger charge is 2.10. The van der Waals surface area contributed by atoms with Crippen LogP contribution >= 0.6 is 0 Å². The minimum atomic E-state index is 0.687. The summed E-state index contributed by atoms with van der Waals surface area (Å²) in [5.74, 6) is 0.690. The maximum atomic E-state index is 5.29. The summed E-state index contributed by atoms with van der Waals surface area (Å²) in [6, 6.07) is 3.88. The molecule has 0 aliphatic carbocycles. The molecular formula is C11H17NO2. The maximum absolute atomic E-state index is 5.29. The maximum Gasteiger partial charge on any atom is 0.213 e. The van der Waals surface area contributed by atoms with Crippen LogP contribution in [0.25, 0.3) is 0 Å². The molecule has 0 amide bonds. The lowest BCUT2D eigenvalue weighted by Gasteiger charge is -2.15. The predicted octanol–water partition coefficient (Wildman–Crippen LogP) is 2.19. The van der Waals surface area contributed by atoms with E-state index in [0.717, 1.165) is 18.7 Å². The summed E-state index contributed by atoms with van der Waals surface area (Å²) in [5, 5.41) is 0. The van der Waals surface area contributed by atoms with Crippen LogP contribution in [-0.2, 0) is 17.8 Å². The Balaban J connectivity index is 0.000000461. The number of hydrogen-bond donors (Lipinski definition) is 0. The normalized spacial score (nSPS) is 13.6. The van der Waals surface area contributed by atoms with Crippen molar-refractivity contribution in [1.29, 1.82) is 0 Å². The standard InChI is InChI=1S/C9H11NO2.C2H6/c1-11-9-3-2-7-6-12-5-4-8(7)10-9;1-2/h2-3H,4-6H2,1H3;1-2H3. The fourth-order valence-electron chi connectivity index (χ4n) is 1.32. The molecule has 0 saturated carbocycles. The van der Waals surface area contributed by atoms with E-state index in [-0.39, 0.29) is 0 Å². The van der Waals surface area contributed by atoms with E-state index < -0.39 is 0 Å².